The Balaban J connectivity index is 1.61. The number of ether oxygens (including phenoxy) is 1. The van der Waals surface area contributed by atoms with E-state index in [1.54, 1.807) is 21.9 Å². The Bertz CT molecular complexity index is 604. The van der Waals surface area contributed by atoms with E-state index in [4.69, 9.17) is 4.74 Å². The molecule has 0 spiro atoms. The lowest BCUT2D eigenvalue weighted by Gasteiger charge is -2.29. The minimum absolute atomic E-state index is 0.00916. The van der Waals surface area contributed by atoms with Crippen LogP contribution in [0.4, 0.5) is 4.39 Å². The van der Waals surface area contributed by atoms with Gasteiger partial charge in [-0.05, 0) is 18.6 Å². The van der Waals surface area contributed by atoms with Gasteiger partial charge in [-0.1, -0.05) is 12.1 Å². The third-order valence-electron chi connectivity index (χ3n) is 4.42. The first-order chi connectivity index (χ1) is 11.7. The maximum Gasteiger partial charge on any atom is 0.256 e. The summed E-state index contributed by atoms with van der Waals surface area (Å²) in [5.74, 6) is -0.820. The molecule has 0 bridgehead atoms. The fraction of sp³-hybridized carbons (Fsp3) is 0.529. The molecule has 2 amide bonds. The number of carbonyl (C=O) groups is 2. The van der Waals surface area contributed by atoms with Crippen LogP contribution in [0.25, 0.3) is 0 Å². The summed E-state index contributed by atoms with van der Waals surface area (Å²) in [5, 5.41) is 3.16. The fourth-order valence-corrected chi connectivity index (χ4v) is 3.09. The summed E-state index contributed by atoms with van der Waals surface area (Å²) in [6.07, 6.45) is 0.680. The van der Waals surface area contributed by atoms with Crippen LogP contribution in [0.1, 0.15) is 16.8 Å². The monoisotopic (exact) mass is 335 g/mol. The predicted molar refractivity (Wildman–Crippen MR) is 86.1 cm³/mol. The maximum atomic E-state index is 13.8. The molecular weight excluding hydrogens is 313 g/mol. The van der Waals surface area contributed by atoms with Gasteiger partial charge in [0.1, 0.15) is 11.9 Å². The average Bonchev–Trinajstić information content (AvgIpc) is 2.88. The Labute approximate surface area is 140 Å². The number of carbonyl (C=O) groups excluding carboxylic acids is 2. The molecule has 1 aromatic rings. The highest BCUT2D eigenvalue weighted by atomic mass is 19.1. The molecule has 3 rings (SSSR count). The second-order valence-electron chi connectivity index (χ2n) is 6.03. The third-order valence-corrected chi connectivity index (χ3v) is 4.42. The minimum atomic E-state index is -0.511. The topological polar surface area (TPSA) is 61.9 Å². The van der Waals surface area contributed by atoms with Gasteiger partial charge < -0.3 is 19.9 Å². The van der Waals surface area contributed by atoms with Crippen LogP contribution in [0.15, 0.2) is 24.3 Å². The number of benzene rings is 1. The highest BCUT2D eigenvalue weighted by Gasteiger charge is 2.29. The van der Waals surface area contributed by atoms with Crippen LogP contribution >= 0.6 is 0 Å². The summed E-state index contributed by atoms with van der Waals surface area (Å²) in [6, 6.07) is 5.68. The standard InChI is InChI=1S/C17H22FN3O3/c18-14-5-2-1-4-13(14)16(22)20-7-3-8-21(10-9-20)17(23)15-12-24-11-6-19-15/h1-2,4-5,15,19H,3,6-12H2/t15-/m0/s1. The summed E-state index contributed by atoms with van der Waals surface area (Å²) in [6.45, 7) is 3.65. The van der Waals surface area contributed by atoms with E-state index in [0.717, 1.165) is 0 Å². The molecule has 2 heterocycles. The molecule has 1 atom stereocenters. The van der Waals surface area contributed by atoms with Crippen LogP contribution in [0.3, 0.4) is 0 Å². The molecule has 7 heteroatoms. The van der Waals surface area contributed by atoms with Gasteiger partial charge in [0.25, 0.3) is 5.91 Å². The molecular formula is C17H22FN3O3. The van der Waals surface area contributed by atoms with Crippen molar-refractivity contribution in [1.82, 2.24) is 15.1 Å². The van der Waals surface area contributed by atoms with Crippen molar-refractivity contribution in [3.63, 3.8) is 0 Å². The van der Waals surface area contributed by atoms with Gasteiger partial charge in [-0.2, -0.15) is 0 Å². The van der Waals surface area contributed by atoms with Crippen LogP contribution in [0, 0.1) is 5.82 Å². The van der Waals surface area contributed by atoms with E-state index in [9.17, 15) is 14.0 Å². The van der Waals surface area contributed by atoms with E-state index in [0.29, 0.717) is 52.4 Å². The van der Waals surface area contributed by atoms with Crippen molar-refractivity contribution in [2.24, 2.45) is 0 Å². The van der Waals surface area contributed by atoms with Crippen molar-refractivity contribution in [3.05, 3.63) is 35.6 Å². The van der Waals surface area contributed by atoms with Gasteiger partial charge in [-0.25, -0.2) is 4.39 Å². The lowest BCUT2D eigenvalue weighted by Crippen LogP contribution is -2.53. The minimum Gasteiger partial charge on any atom is -0.378 e. The first kappa shape index (κ1) is 16.9. The van der Waals surface area contributed by atoms with Crippen LogP contribution in [0.5, 0.6) is 0 Å². The normalized spacial score (nSPS) is 22.1. The molecule has 0 radical (unpaired) electrons. The van der Waals surface area contributed by atoms with E-state index < -0.39 is 5.82 Å². The molecule has 6 nitrogen and oxygen atoms in total. The zero-order valence-corrected chi connectivity index (χ0v) is 13.5. The summed E-state index contributed by atoms with van der Waals surface area (Å²) >= 11 is 0. The van der Waals surface area contributed by atoms with Gasteiger partial charge in [0.2, 0.25) is 5.91 Å². The second kappa shape index (κ2) is 7.72. The molecule has 24 heavy (non-hydrogen) atoms. The van der Waals surface area contributed by atoms with Gasteiger partial charge in [-0.3, -0.25) is 9.59 Å². The van der Waals surface area contributed by atoms with Crippen LogP contribution in [0.2, 0.25) is 0 Å². The van der Waals surface area contributed by atoms with Crippen molar-refractivity contribution >= 4 is 11.8 Å². The van der Waals surface area contributed by atoms with Crippen molar-refractivity contribution in [2.75, 3.05) is 45.9 Å². The highest BCUT2D eigenvalue weighted by molar-refractivity contribution is 5.94. The Hall–Kier alpha value is -1.99. The number of morpholine rings is 1. The van der Waals surface area contributed by atoms with Gasteiger partial charge in [0.15, 0.2) is 0 Å². The summed E-state index contributed by atoms with van der Waals surface area (Å²) in [7, 11) is 0. The Morgan fingerprint density at radius 3 is 2.62 bits per heavy atom. The van der Waals surface area contributed by atoms with Crippen molar-refractivity contribution in [2.45, 2.75) is 12.5 Å². The fourth-order valence-electron chi connectivity index (χ4n) is 3.09. The van der Waals surface area contributed by atoms with E-state index in [2.05, 4.69) is 5.32 Å². The van der Waals surface area contributed by atoms with Crippen LogP contribution in [-0.4, -0.2) is 73.6 Å². The number of rotatable bonds is 2. The number of amides is 2. The number of halogens is 1. The molecule has 2 aliphatic rings. The van der Waals surface area contributed by atoms with E-state index in [-0.39, 0.29) is 23.4 Å². The molecule has 0 aliphatic carbocycles. The van der Waals surface area contributed by atoms with E-state index in [1.807, 2.05) is 0 Å². The zero-order chi connectivity index (χ0) is 16.9. The molecule has 2 saturated heterocycles. The quantitative estimate of drug-likeness (QED) is 0.854. The molecule has 0 aromatic heterocycles. The maximum absolute atomic E-state index is 13.8. The highest BCUT2D eigenvalue weighted by Crippen LogP contribution is 2.13. The van der Waals surface area contributed by atoms with Crippen molar-refractivity contribution in [3.8, 4) is 0 Å². The molecule has 2 aliphatic heterocycles. The predicted octanol–water partition coefficient (Wildman–Crippen LogP) is 0.489. The van der Waals surface area contributed by atoms with E-state index in [1.165, 1.54) is 12.1 Å². The molecule has 2 fully saturated rings. The van der Waals surface area contributed by atoms with E-state index >= 15 is 0 Å². The smallest absolute Gasteiger partial charge is 0.256 e. The Morgan fingerprint density at radius 2 is 1.88 bits per heavy atom. The largest absolute Gasteiger partial charge is 0.378 e. The van der Waals surface area contributed by atoms with Crippen LogP contribution < -0.4 is 5.32 Å². The first-order valence-electron chi connectivity index (χ1n) is 8.30. The van der Waals surface area contributed by atoms with Gasteiger partial charge >= 0.3 is 0 Å². The number of nitrogens with zero attached hydrogens (tertiary/aromatic N) is 2. The first-order valence-corrected chi connectivity index (χ1v) is 8.30. The summed E-state index contributed by atoms with van der Waals surface area (Å²) < 4.78 is 19.1. The Morgan fingerprint density at radius 1 is 1.12 bits per heavy atom. The molecule has 0 unspecified atom stereocenters. The van der Waals surface area contributed by atoms with Gasteiger partial charge in [0, 0.05) is 32.7 Å². The lowest BCUT2D eigenvalue weighted by molar-refractivity contribution is -0.136. The lowest BCUT2D eigenvalue weighted by atomic mass is 10.2. The van der Waals surface area contributed by atoms with Gasteiger partial charge in [0.05, 0.1) is 18.8 Å². The molecule has 1 aromatic carbocycles. The molecule has 1 N–H and O–H groups in total. The average molecular weight is 335 g/mol. The second-order valence-corrected chi connectivity index (χ2v) is 6.03. The zero-order valence-electron chi connectivity index (χ0n) is 13.5. The number of hydrogen-bond acceptors (Lipinski definition) is 4. The van der Waals surface area contributed by atoms with Gasteiger partial charge in [-0.15, -0.1) is 0 Å². The third kappa shape index (κ3) is 3.73. The van der Waals surface area contributed by atoms with Crippen molar-refractivity contribution in [1.29, 1.82) is 0 Å². The van der Waals surface area contributed by atoms with Crippen LogP contribution in [-0.2, 0) is 9.53 Å². The number of hydrogen-bond donors (Lipinski definition) is 1. The Kier molecular flexibility index (Phi) is 5.42. The van der Waals surface area contributed by atoms with Crippen molar-refractivity contribution < 1.29 is 18.7 Å². The number of nitrogens with one attached hydrogen (secondary N) is 1. The molecule has 0 saturated carbocycles. The molecule has 130 valence electrons. The SMILES string of the molecule is O=C(c1ccccc1F)N1CCCN(C(=O)[C@@H]2COCCN2)CC1. The summed E-state index contributed by atoms with van der Waals surface area (Å²) in [5.41, 5.74) is 0.0830. The summed E-state index contributed by atoms with van der Waals surface area (Å²) in [4.78, 5) is 28.4.